The minimum absolute atomic E-state index is 0.0662. The van der Waals surface area contributed by atoms with Crippen molar-refractivity contribution in [3.63, 3.8) is 0 Å². The molecule has 0 unspecified atom stereocenters. The van der Waals surface area contributed by atoms with E-state index in [-0.39, 0.29) is 28.2 Å². The Morgan fingerprint density at radius 3 is 1.93 bits per heavy atom. The number of carbonyl (C=O) groups excluding carboxylic acids is 2. The summed E-state index contributed by atoms with van der Waals surface area (Å²) in [5.41, 5.74) is 2.56. The number of carbonyl (C=O) groups is 2. The van der Waals surface area contributed by atoms with Gasteiger partial charge in [0.05, 0.1) is 0 Å². The second-order valence-electron chi connectivity index (χ2n) is 9.65. The first-order valence-corrected chi connectivity index (χ1v) is 9.59. The number of ketones is 2. The molecule has 0 fully saturated rings. The number of allylic oxidation sites excluding steroid dienone is 4. The molecule has 1 aromatic rings. The molecule has 0 saturated carbocycles. The summed E-state index contributed by atoms with van der Waals surface area (Å²) in [5.74, 6) is -0.386. The van der Waals surface area contributed by atoms with Gasteiger partial charge in [-0.15, -0.1) is 0 Å². The number of pyridine rings is 1. The normalized spacial score (nSPS) is 23.6. The molecule has 0 amide bonds. The predicted octanol–water partition coefficient (Wildman–Crippen LogP) is 5.07. The van der Waals surface area contributed by atoms with E-state index in [9.17, 15) is 14.7 Å². The molecule has 0 bridgehead atoms. The Hall–Kier alpha value is -2.23. The van der Waals surface area contributed by atoms with Crippen LogP contribution in [-0.2, 0) is 9.59 Å². The van der Waals surface area contributed by atoms with Crippen LogP contribution in [-0.4, -0.2) is 21.7 Å². The Morgan fingerprint density at radius 1 is 0.889 bits per heavy atom. The number of rotatable bonds is 3. The van der Waals surface area contributed by atoms with Gasteiger partial charge in [0.1, 0.15) is 5.76 Å². The molecule has 27 heavy (non-hydrogen) atoms. The van der Waals surface area contributed by atoms with E-state index in [1.165, 1.54) is 0 Å². The quantitative estimate of drug-likeness (QED) is 0.810. The average molecular weight is 367 g/mol. The van der Waals surface area contributed by atoms with Gasteiger partial charge in [0.15, 0.2) is 11.6 Å². The lowest BCUT2D eigenvalue weighted by Gasteiger charge is -2.37. The molecule has 1 aromatic heterocycles. The molecule has 2 aliphatic carbocycles. The summed E-state index contributed by atoms with van der Waals surface area (Å²) < 4.78 is 0. The van der Waals surface area contributed by atoms with Crippen molar-refractivity contribution in [3.05, 3.63) is 52.6 Å². The van der Waals surface area contributed by atoms with E-state index in [4.69, 9.17) is 0 Å². The molecule has 0 saturated heterocycles. The van der Waals surface area contributed by atoms with Crippen LogP contribution in [0.5, 0.6) is 0 Å². The van der Waals surface area contributed by atoms with E-state index < -0.39 is 5.92 Å². The van der Waals surface area contributed by atoms with Crippen molar-refractivity contribution in [2.24, 2.45) is 10.8 Å². The van der Waals surface area contributed by atoms with Crippen molar-refractivity contribution >= 4 is 11.6 Å². The number of aliphatic hydroxyl groups is 1. The minimum atomic E-state index is -0.514. The van der Waals surface area contributed by atoms with Crippen LogP contribution in [0.1, 0.15) is 71.8 Å². The zero-order valence-electron chi connectivity index (χ0n) is 16.9. The second-order valence-corrected chi connectivity index (χ2v) is 9.65. The Morgan fingerprint density at radius 2 is 1.41 bits per heavy atom. The Kier molecular flexibility index (Phi) is 4.87. The number of aromatic nitrogens is 1. The molecule has 1 atom stereocenters. The Labute approximate surface area is 161 Å². The molecule has 0 radical (unpaired) electrons. The van der Waals surface area contributed by atoms with E-state index in [0.717, 1.165) is 17.6 Å². The van der Waals surface area contributed by atoms with Crippen LogP contribution >= 0.6 is 0 Å². The van der Waals surface area contributed by atoms with E-state index in [1.54, 1.807) is 12.4 Å². The number of aliphatic hydroxyl groups excluding tert-OH is 1. The largest absolute Gasteiger partial charge is 0.512 e. The van der Waals surface area contributed by atoms with Crippen molar-refractivity contribution in [1.82, 2.24) is 4.98 Å². The first-order chi connectivity index (χ1) is 12.5. The van der Waals surface area contributed by atoms with Gasteiger partial charge in [0.25, 0.3) is 0 Å². The van der Waals surface area contributed by atoms with Crippen LogP contribution in [0.3, 0.4) is 0 Å². The third-order valence-electron chi connectivity index (χ3n) is 5.66. The molecular formula is C23H29NO3. The summed E-state index contributed by atoms with van der Waals surface area (Å²) in [6.07, 6.45) is 5.43. The maximum absolute atomic E-state index is 13.1. The lowest BCUT2D eigenvalue weighted by Crippen LogP contribution is -2.33. The highest BCUT2D eigenvalue weighted by molar-refractivity contribution is 6.05. The maximum Gasteiger partial charge on any atom is 0.163 e. The van der Waals surface area contributed by atoms with E-state index in [0.29, 0.717) is 30.4 Å². The SMILES string of the molecule is CC1=C([C@@H](C2=C(O)CC(C)(C)CC2=O)c2ccncc2)C(=O)CC(C)(C)C1. The zero-order chi connectivity index (χ0) is 20.0. The molecule has 0 aromatic carbocycles. The Bertz CT molecular complexity index is 792. The lowest BCUT2D eigenvalue weighted by molar-refractivity contribution is -0.119. The maximum atomic E-state index is 13.1. The van der Waals surface area contributed by atoms with E-state index in [2.05, 4.69) is 18.8 Å². The highest BCUT2D eigenvalue weighted by Crippen LogP contribution is 2.48. The average Bonchev–Trinajstić information content (AvgIpc) is 2.50. The summed E-state index contributed by atoms with van der Waals surface area (Å²) >= 11 is 0. The standard InChI is InChI=1S/C23H29NO3/c1-14-10-22(2,3)11-16(25)19(14)20(15-6-8-24-9-7-15)21-17(26)12-23(4,5)13-18(21)27/h6-9,20,26H,10-13H2,1-5H3/t20-/m0/s1. The molecule has 0 aliphatic heterocycles. The van der Waals surface area contributed by atoms with Gasteiger partial charge < -0.3 is 5.11 Å². The first kappa shape index (κ1) is 19.5. The van der Waals surface area contributed by atoms with Crippen molar-refractivity contribution in [2.75, 3.05) is 0 Å². The molecule has 4 nitrogen and oxygen atoms in total. The van der Waals surface area contributed by atoms with Crippen LogP contribution in [0.4, 0.5) is 0 Å². The molecule has 1 heterocycles. The van der Waals surface area contributed by atoms with Crippen LogP contribution in [0.25, 0.3) is 0 Å². The fourth-order valence-electron chi connectivity index (χ4n) is 4.71. The van der Waals surface area contributed by atoms with Crippen LogP contribution in [0.2, 0.25) is 0 Å². The van der Waals surface area contributed by atoms with Gasteiger partial charge in [0.2, 0.25) is 0 Å². The number of hydrogen-bond acceptors (Lipinski definition) is 4. The highest BCUT2D eigenvalue weighted by Gasteiger charge is 2.42. The second kappa shape index (κ2) is 6.74. The zero-order valence-corrected chi connectivity index (χ0v) is 16.9. The minimum Gasteiger partial charge on any atom is -0.512 e. The lowest BCUT2D eigenvalue weighted by atomic mass is 9.66. The highest BCUT2D eigenvalue weighted by atomic mass is 16.3. The van der Waals surface area contributed by atoms with Gasteiger partial charge in [0, 0.05) is 48.7 Å². The van der Waals surface area contributed by atoms with E-state index in [1.807, 2.05) is 32.9 Å². The molecular weight excluding hydrogens is 338 g/mol. The van der Waals surface area contributed by atoms with Crippen molar-refractivity contribution < 1.29 is 14.7 Å². The van der Waals surface area contributed by atoms with Crippen LogP contribution in [0, 0.1) is 10.8 Å². The summed E-state index contributed by atoms with van der Waals surface area (Å²) in [6.45, 7) is 10.1. The van der Waals surface area contributed by atoms with Gasteiger partial charge in [-0.2, -0.15) is 0 Å². The first-order valence-electron chi connectivity index (χ1n) is 9.59. The number of Topliss-reactive ketones (excluding diaryl/α,β-unsaturated/α-hetero) is 2. The van der Waals surface area contributed by atoms with Gasteiger partial charge in [-0.1, -0.05) is 33.3 Å². The summed E-state index contributed by atoms with van der Waals surface area (Å²) in [5, 5.41) is 10.8. The number of hydrogen-bond donors (Lipinski definition) is 1. The monoisotopic (exact) mass is 367 g/mol. The third-order valence-corrected chi connectivity index (χ3v) is 5.66. The summed E-state index contributed by atoms with van der Waals surface area (Å²) in [6, 6.07) is 3.68. The van der Waals surface area contributed by atoms with Crippen molar-refractivity contribution in [2.45, 2.75) is 66.2 Å². The van der Waals surface area contributed by atoms with Gasteiger partial charge in [-0.25, -0.2) is 0 Å². The molecule has 4 heteroatoms. The fraction of sp³-hybridized carbons (Fsp3) is 0.522. The summed E-state index contributed by atoms with van der Waals surface area (Å²) in [4.78, 5) is 30.3. The summed E-state index contributed by atoms with van der Waals surface area (Å²) in [7, 11) is 0. The molecule has 3 rings (SSSR count). The van der Waals surface area contributed by atoms with E-state index >= 15 is 0 Å². The van der Waals surface area contributed by atoms with Crippen molar-refractivity contribution in [1.29, 1.82) is 0 Å². The van der Waals surface area contributed by atoms with Crippen LogP contribution < -0.4 is 0 Å². The Balaban J connectivity index is 2.20. The third kappa shape index (κ3) is 3.90. The molecule has 1 N–H and O–H groups in total. The van der Waals surface area contributed by atoms with Gasteiger partial charge >= 0.3 is 0 Å². The predicted molar refractivity (Wildman–Crippen MR) is 105 cm³/mol. The molecule has 0 spiro atoms. The van der Waals surface area contributed by atoms with Crippen molar-refractivity contribution in [3.8, 4) is 0 Å². The van der Waals surface area contributed by atoms with Gasteiger partial charge in [-0.3, -0.25) is 14.6 Å². The number of nitrogens with zero attached hydrogens (tertiary/aromatic N) is 1. The fourth-order valence-corrected chi connectivity index (χ4v) is 4.71. The van der Waals surface area contributed by atoms with Gasteiger partial charge in [-0.05, 0) is 41.9 Å². The van der Waals surface area contributed by atoms with Crippen LogP contribution in [0.15, 0.2) is 47.0 Å². The smallest absolute Gasteiger partial charge is 0.163 e. The topological polar surface area (TPSA) is 67.3 Å². The molecule has 144 valence electrons. The molecule has 2 aliphatic rings.